The van der Waals surface area contributed by atoms with Gasteiger partial charge >= 0.3 is 0 Å². The Morgan fingerprint density at radius 2 is 1.68 bits per heavy atom. The summed E-state index contributed by atoms with van der Waals surface area (Å²) in [5.41, 5.74) is 8.63. The van der Waals surface area contributed by atoms with Gasteiger partial charge in [-0.1, -0.05) is 85.4 Å². The zero-order valence-electron chi connectivity index (χ0n) is 14.5. The Morgan fingerprint density at radius 3 is 2.27 bits per heavy atom. The number of hydrogen-bond acceptors (Lipinski definition) is 0. The molecule has 0 nitrogen and oxygen atoms in total. The van der Waals surface area contributed by atoms with E-state index in [9.17, 15) is 0 Å². The summed E-state index contributed by atoms with van der Waals surface area (Å²) in [5, 5.41) is 1.53. The van der Waals surface area contributed by atoms with Crippen LogP contribution >= 0.6 is 0 Å². The summed E-state index contributed by atoms with van der Waals surface area (Å²) in [7, 11) is -1.22. The molecule has 0 amide bonds. The molecule has 0 aromatic heterocycles. The number of fused-ring (bicyclic) bond motifs is 1. The highest BCUT2D eigenvalue weighted by Crippen LogP contribution is 2.35. The summed E-state index contributed by atoms with van der Waals surface area (Å²) >= 11 is 0. The average Bonchev–Trinajstić information content (AvgIpc) is 2.88. The van der Waals surface area contributed by atoms with Crippen LogP contribution in [0.3, 0.4) is 0 Å². The second kappa shape index (κ2) is 5.55. The van der Waals surface area contributed by atoms with Crippen LogP contribution in [0.5, 0.6) is 0 Å². The maximum absolute atomic E-state index is 2.41. The van der Waals surface area contributed by atoms with Gasteiger partial charge in [0, 0.05) is 0 Å². The van der Waals surface area contributed by atoms with Crippen molar-refractivity contribution in [2.24, 2.45) is 0 Å². The first-order valence-electron chi connectivity index (χ1n) is 8.32. The standard InChI is InChI=1S/C21H26Si/c1-6-16-13-18-11-15(2)12-20(21(18)14-16)17-7-9-19(10-8-17)22(3,4)5/h7-12,14H,6,13H2,1-5H3. The van der Waals surface area contributed by atoms with Crippen LogP contribution in [0.25, 0.3) is 17.2 Å². The highest BCUT2D eigenvalue weighted by Gasteiger charge is 2.18. The van der Waals surface area contributed by atoms with Crippen molar-refractivity contribution in [3.05, 3.63) is 58.7 Å². The third-order valence-electron chi connectivity index (χ3n) is 4.69. The topological polar surface area (TPSA) is 0 Å². The van der Waals surface area contributed by atoms with Gasteiger partial charge in [-0.25, -0.2) is 0 Å². The molecule has 0 atom stereocenters. The lowest BCUT2D eigenvalue weighted by Crippen LogP contribution is -2.37. The van der Waals surface area contributed by atoms with E-state index in [1.54, 1.807) is 5.57 Å². The van der Waals surface area contributed by atoms with Gasteiger partial charge in [0.25, 0.3) is 0 Å². The fourth-order valence-corrected chi connectivity index (χ4v) is 4.47. The van der Waals surface area contributed by atoms with Crippen molar-refractivity contribution in [2.45, 2.75) is 46.3 Å². The van der Waals surface area contributed by atoms with Gasteiger partial charge in [0.05, 0.1) is 8.07 Å². The zero-order valence-corrected chi connectivity index (χ0v) is 15.5. The predicted molar refractivity (Wildman–Crippen MR) is 102 cm³/mol. The third kappa shape index (κ3) is 2.82. The van der Waals surface area contributed by atoms with E-state index in [1.165, 1.54) is 33.0 Å². The lowest BCUT2D eigenvalue weighted by Gasteiger charge is -2.17. The second-order valence-electron chi connectivity index (χ2n) is 7.55. The van der Waals surface area contributed by atoms with Gasteiger partial charge in [-0.05, 0) is 42.0 Å². The van der Waals surface area contributed by atoms with Gasteiger partial charge in [0.15, 0.2) is 0 Å². The molecule has 0 saturated carbocycles. The molecule has 0 bridgehead atoms. The highest BCUT2D eigenvalue weighted by molar-refractivity contribution is 6.88. The van der Waals surface area contributed by atoms with Gasteiger partial charge in [0.2, 0.25) is 0 Å². The molecule has 22 heavy (non-hydrogen) atoms. The van der Waals surface area contributed by atoms with E-state index in [4.69, 9.17) is 0 Å². The quantitative estimate of drug-likeness (QED) is 0.652. The minimum absolute atomic E-state index is 1.13. The summed E-state index contributed by atoms with van der Waals surface area (Å²) in [5.74, 6) is 0. The summed E-state index contributed by atoms with van der Waals surface area (Å²) in [6.45, 7) is 11.7. The van der Waals surface area contributed by atoms with E-state index in [-0.39, 0.29) is 0 Å². The molecule has 1 aliphatic carbocycles. The summed E-state index contributed by atoms with van der Waals surface area (Å²) in [4.78, 5) is 0. The Bertz CT molecular complexity index is 728. The number of aryl methyl sites for hydroxylation is 1. The Morgan fingerprint density at radius 1 is 1.00 bits per heavy atom. The van der Waals surface area contributed by atoms with E-state index in [0.717, 1.165) is 12.8 Å². The molecule has 3 rings (SSSR count). The number of allylic oxidation sites excluding steroid dienone is 1. The third-order valence-corrected chi connectivity index (χ3v) is 6.76. The van der Waals surface area contributed by atoms with Crippen LogP contribution < -0.4 is 5.19 Å². The Balaban J connectivity index is 2.08. The lowest BCUT2D eigenvalue weighted by molar-refractivity contribution is 1.04. The minimum Gasteiger partial charge on any atom is -0.0656 e. The molecule has 0 heterocycles. The monoisotopic (exact) mass is 306 g/mol. The molecule has 0 unspecified atom stereocenters. The molecular formula is C21H26Si. The molecule has 0 aliphatic heterocycles. The first kappa shape index (κ1) is 15.3. The molecule has 0 fully saturated rings. The fourth-order valence-electron chi connectivity index (χ4n) is 3.30. The van der Waals surface area contributed by atoms with Crippen molar-refractivity contribution >= 4 is 19.3 Å². The first-order valence-corrected chi connectivity index (χ1v) is 11.8. The van der Waals surface area contributed by atoms with Crippen LogP contribution in [-0.2, 0) is 6.42 Å². The predicted octanol–water partition coefficient (Wildman–Crippen LogP) is 5.56. The fraction of sp³-hybridized carbons (Fsp3) is 0.333. The van der Waals surface area contributed by atoms with Crippen LogP contribution in [0.1, 0.15) is 30.0 Å². The van der Waals surface area contributed by atoms with E-state index >= 15 is 0 Å². The van der Waals surface area contributed by atoms with E-state index in [2.05, 4.69) is 76.0 Å². The van der Waals surface area contributed by atoms with Crippen molar-refractivity contribution in [3.63, 3.8) is 0 Å². The van der Waals surface area contributed by atoms with Crippen LogP contribution in [0.4, 0.5) is 0 Å². The van der Waals surface area contributed by atoms with E-state index in [1.807, 2.05) is 0 Å². The van der Waals surface area contributed by atoms with Crippen molar-refractivity contribution in [2.75, 3.05) is 0 Å². The maximum atomic E-state index is 2.41. The lowest BCUT2D eigenvalue weighted by atomic mass is 9.95. The summed E-state index contributed by atoms with van der Waals surface area (Å²) < 4.78 is 0. The molecule has 2 aromatic rings. The molecule has 0 radical (unpaired) electrons. The SMILES string of the molecule is CCC1=Cc2c(cc(C)cc2-c2ccc([Si](C)(C)C)cc2)C1. The smallest absolute Gasteiger partial charge is 0.0656 e. The van der Waals surface area contributed by atoms with Crippen molar-refractivity contribution in [3.8, 4) is 11.1 Å². The first-order chi connectivity index (χ1) is 10.4. The van der Waals surface area contributed by atoms with Crippen LogP contribution in [0, 0.1) is 6.92 Å². The molecule has 1 heteroatoms. The van der Waals surface area contributed by atoms with E-state index in [0.29, 0.717) is 0 Å². The molecule has 0 N–H and O–H groups in total. The molecular weight excluding hydrogens is 280 g/mol. The molecule has 2 aromatic carbocycles. The molecule has 114 valence electrons. The molecule has 0 spiro atoms. The van der Waals surface area contributed by atoms with Crippen molar-refractivity contribution in [1.29, 1.82) is 0 Å². The van der Waals surface area contributed by atoms with Gasteiger partial charge in [0.1, 0.15) is 0 Å². The van der Waals surface area contributed by atoms with Crippen LogP contribution in [0.2, 0.25) is 19.6 Å². The van der Waals surface area contributed by atoms with Crippen LogP contribution in [-0.4, -0.2) is 8.07 Å². The second-order valence-corrected chi connectivity index (χ2v) is 12.6. The molecule has 0 saturated heterocycles. The zero-order chi connectivity index (χ0) is 15.9. The van der Waals surface area contributed by atoms with E-state index < -0.39 is 8.07 Å². The number of hydrogen-bond donors (Lipinski definition) is 0. The summed E-state index contributed by atoms with van der Waals surface area (Å²) in [6.07, 6.45) is 4.70. The number of benzene rings is 2. The van der Waals surface area contributed by atoms with Gasteiger partial charge in [-0.3, -0.25) is 0 Å². The largest absolute Gasteiger partial charge is 0.0775 e. The Hall–Kier alpha value is -1.60. The average molecular weight is 307 g/mol. The number of rotatable bonds is 3. The Kier molecular flexibility index (Phi) is 3.86. The Labute approximate surface area is 135 Å². The minimum atomic E-state index is -1.22. The van der Waals surface area contributed by atoms with Crippen LogP contribution in [0.15, 0.2) is 42.0 Å². The van der Waals surface area contributed by atoms with Crippen molar-refractivity contribution in [1.82, 2.24) is 0 Å². The van der Waals surface area contributed by atoms with Gasteiger partial charge < -0.3 is 0 Å². The normalized spacial score (nSPS) is 14.0. The summed E-state index contributed by atoms with van der Waals surface area (Å²) in [6, 6.07) is 14.0. The maximum Gasteiger partial charge on any atom is 0.0775 e. The highest BCUT2D eigenvalue weighted by atomic mass is 28.3. The van der Waals surface area contributed by atoms with Gasteiger partial charge in [-0.2, -0.15) is 0 Å². The van der Waals surface area contributed by atoms with Crippen molar-refractivity contribution < 1.29 is 0 Å². The molecule has 1 aliphatic rings. The van der Waals surface area contributed by atoms with Gasteiger partial charge in [-0.15, -0.1) is 0 Å².